The lowest BCUT2D eigenvalue weighted by molar-refractivity contribution is -0.607. The molecule has 0 bridgehead atoms. The highest BCUT2D eigenvalue weighted by molar-refractivity contribution is 5.82. The van der Waals surface area contributed by atoms with Gasteiger partial charge in [-0.05, 0) is 12.8 Å². The van der Waals surface area contributed by atoms with Crippen molar-refractivity contribution in [2.75, 3.05) is 6.54 Å². The average molecular weight is 168 g/mol. The molecular weight excluding hydrogens is 154 g/mol. The molecule has 0 radical (unpaired) electrons. The number of nitroso groups, excluding NO2 is 1. The lowest BCUT2D eigenvalue weighted by Gasteiger charge is -2.23. The summed E-state index contributed by atoms with van der Waals surface area (Å²) in [6, 6.07) is 0. The van der Waals surface area contributed by atoms with Gasteiger partial charge in [0.2, 0.25) is 17.9 Å². The van der Waals surface area contributed by atoms with Gasteiger partial charge in [0.15, 0.2) is 0 Å². The van der Waals surface area contributed by atoms with Gasteiger partial charge in [0, 0.05) is 22.5 Å². The third-order valence-electron chi connectivity index (χ3n) is 3.16. The Morgan fingerprint density at radius 2 is 1.83 bits per heavy atom. The van der Waals surface area contributed by atoms with Crippen LogP contribution in [0.1, 0.15) is 38.5 Å². The van der Waals surface area contributed by atoms with Gasteiger partial charge in [0.05, 0.1) is 6.42 Å². The maximum absolute atomic E-state index is 11.5. The Hall–Kier alpha value is -0.730. The number of hydrogen-bond donors (Lipinski definition) is 0. The van der Waals surface area contributed by atoms with Crippen molar-refractivity contribution in [1.82, 2.24) is 0 Å². The first-order valence-electron chi connectivity index (χ1n) is 4.69. The molecule has 0 aromatic heterocycles. The minimum atomic E-state index is -0.269. The minimum Gasteiger partial charge on any atom is -0.292 e. The van der Waals surface area contributed by atoms with E-state index in [0.29, 0.717) is 6.42 Å². The van der Waals surface area contributed by atoms with Crippen LogP contribution in [0, 0.1) is 4.91 Å². The van der Waals surface area contributed by atoms with Crippen LogP contribution in [0.15, 0.2) is 0 Å². The van der Waals surface area contributed by atoms with Gasteiger partial charge in [0.1, 0.15) is 0 Å². The van der Waals surface area contributed by atoms with Crippen LogP contribution in [0.2, 0.25) is 0 Å². The van der Waals surface area contributed by atoms with Gasteiger partial charge in [-0.25, -0.2) is 0 Å². The predicted octanol–water partition coefficient (Wildman–Crippen LogP) is 1.44. The number of rotatable bonds is 0. The van der Waals surface area contributed by atoms with Gasteiger partial charge < -0.3 is 0 Å². The Morgan fingerprint density at radius 3 is 2.33 bits per heavy atom. The van der Waals surface area contributed by atoms with E-state index in [1.165, 1.54) is 6.42 Å². The Morgan fingerprint density at radius 1 is 1.17 bits per heavy atom. The van der Waals surface area contributed by atoms with Gasteiger partial charge in [0.25, 0.3) is 0 Å². The zero-order chi connectivity index (χ0) is 8.60. The van der Waals surface area contributed by atoms with Crippen molar-refractivity contribution in [3.63, 3.8) is 0 Å². The topological polar surface area (TPSA) is 37.1 Å². The molecule has 0 aromatic rings. The fraction of sp³-hybridized carbons (Fsp3) is 0.889. The van der Waals surface area contributed by atoms with E-state index < -0.39 is 0 Å². The van der Waals surface area contributed by atoms with E-state index in [4.69, 9.17) is 0 Å². The molecule has 0 amide bonds. The highest BCUT2D eigenvalue weighted by Gasteiger charge is 2.53. The highest BCUT2D eigenvalue weighted by atomic mass is 16.3. The predicted molar refractivity (Wildman–Crippen MR) is 43.9 cm³/mol. The van der Waals surface area contributed by atoms with Crippen LogP contribution in [-0.2, 0) is 4.79 Å². The van der Waals surface area contributed by atoms with Crippen LogP contribution >= 0.6 is 0 Å². The lowest BCUT2D eigenvalue weighted by atomic mass is 9.80. The molecule has 1 heterocycles. The molecule has 0 atom stereocenters. The molecule has 2 fully saturated rings. The molecule has 0 unspecified atom stereocenters. The maximum atomic E-state index is 11.5. The molecular formula is C9H14NO2+. The summed E-state index contributed by atoms with van der Waals surface area (Å²) in [7, 11) is 0. The summed E-state index contributed by atoms with van der Waals surface area (Å²) in [5, 5.41) is 0. The summed E-state index contributed by atoms with van der Waals surface area (Å²) >= 11 is 0. The van der Waals surface area contributed by atoms with Crippen LogP contribution in [0.3, 0.4) is 0 Å². The van der Waals surface area contributed by atoms with E-state index in [-0.39, 0.29) is 17.9 Å². The van der Waals surface area contributed by atoms with E-state index in [1.54, 1.807) is 0 Å². The largest absolute Gasteiger partial charge is 0.292 e. The zero-order valence-electron chi connectivity index (χ0n) is 7.21. The van der Waals surface area contributed by atoms with Gasteiger partial charge in [-0.2, -0.15) is 0 Å². The van der Waals surface area contributed by atoms with Crippen molar-refractivity contribution in [3.05, 3.63) is 4.91 Å². The van der Waals surface area contributed by atoms with Crippen molar-refractivity contribution < 1.29 is 9.55 Å². The average Bonchev–Trinajstić information content (AvgIpc) is 2.29. The first kappa shape index (κ1) is 7.90. The summed E-state index contributed by atoms with van der Waals surface area (Å²) in [5.41, 5.74) is -0.269. The van der Waals surface area contributed by atoms with E-state index in [2.05, 4.69) is 0 Å². The van der Waals surface area contributed by atoms with Crippen LogP contribution < -0.4 is 0 Å². The summed E-state index contributed by atoms with van der Waals surface area (Å²) in [5.74, 6) is 0.131. The second kappa shape index (κ2) is 2.64. The second-order valence-electron chi connectivity index (χ2n) is 4.04. The lowest BCUT2D eigenvalue weighted by Crippen LogP contribution is -2.37. The normalized spacial score (nSPS) is 28.3. The number of carbonyl (C=O) groups excluding carboxylic acids is 1. The fourth-order valence-electron chi connectivity index (χ4n) is 2.48. The summed E-state index contributed by atoms with van der Waals surface area (Å²) in [4.78, 5) is 22.5. The molecule has 12 heavy (non-hydrogen) atoms. The van der Waals surface area contributed by atoms with Crippen molar-refractivity contribution in [1.29, 1.82) is 0 Å². The van der Waals surface area contributed by atoms with Gasteiger partial charge in [-0.3, -0.25) is 4.79 Å². The van der Waals surface area contributed by atoms with Crippen LogP contribution in [-0.4, -0.2) is 22.6 Å². The van der Waals surface area contributed by atoms with Gasteiger partial charge >= 0.3 is 0 Å². The summed E-state index contributed by atoms with van der Waals surface area (Å²) < 4.78 is 1.04. The fourth-order valence-corrected chi connectivity index (χ4v) is 2.48. The number of Topliss-reactive ketones (excluding diaryl/α,β-unsaturated/α-hetero) is 1. The van der Waals surface area contributed by atoms with Gasteiger partial charge in [-0.1, -0.05) is 6.42 Å². The third kappa shape index (κ3) is 1.08. The molecule has 3 nitrogen and oxygen atoms in total. The summed E-state index contributed by atoms with van der Waals surface area (Å²) in [6.07, 6.45) is 5.84. The van der Waals surface area contributed by atoms with Crippen molar-refractivity contribution in [3.8, 4) is 0 Å². The van der Waals surface area contributed by atoms with Crippen molar-refractivity contribution >= 4 is 5.78 Å². The number of nitrogens with zero attached hydrogens (tertiary/aromatic N) is 1. The molecule has 1 saturated heterocycles. The van der Waals surface area contributed by atoms with E-state index in [9.17, 15) is 9.70 Å². The second-order valence-corrected chi connectivity index (χ2v) is 4.04. The Kier molecular flexibility index (Phi) is 1.74. The maximum Gasteiger partial charge on any atom is 0.250 e. The molecule has 1 saturated carbocycles. The van der Waals surface area contributed by atoms with Crippen LogP contribution in [0.5, 0.6) is 0 Å². The van der Waals surface area contributed by atoms with Crippen molar-refractivity contribution in [2.24, 2.45) is 0 Å². The molecule has 1 aliphatic heterocycles. The molecule has 0 N–H and O–H groups in total. The van der Waals surface area contributed by atoms with Gasteiger partial charge in [-0.15, -0.1) is 0 Å². The van der Waals surface area contributed by atoms with E-state index in [0.717, 1.165) is 30.4 Å². The molecule has 1 spiro atoms. The van der Waals surface area contributed by atoms with Crippen LogP contribution in [0.25, 0.3) is 0 Å². The van der Waals surface area contributed by atoms with E-state index >= 15 is 0 Å². The standard InChI is InChI=1S/C9H14NO2/c11-8-6-9(10(12)7-8)4-2-1-3-5-9/h1-7H2/q+1. The Bertz CT molecular complexity index is 229. The molecule has 2 rings (SSSR count). The minimum absolute atomic E-state index is 0.131. The van der Waals surface area contributed by atoms with E-state index in [1.807, 2.05) is 0 Å². The molecule has 2 aliphatic rings. The molecule has 66 valence electrons. The quantitative estimate of drug-likeness (QED) is 0.513. The van der Waals surface area contributed by atoms with Crippen LogP contribution in [0.4, 0.5) is 0 Å². The number of carbonyl (C=O) groups is 1. The third-order valence-corrected chi connectivity index (χ3v) is 3.16. The monoisotopic (exact) mass is 168 g/mol. The molecule has 1 aliphatic carbocycles. The highest BCUT2D eigenvalue weighted by Crippen LogP contribution is 2.37. The summed E-state index contributed by atoms with van der Waals surface area (Å²) in [6.45, 7) is 0.139. The van der Waals surface area contributed by atoms with Crippen molar-refractivity contribution in [2.45, 2.75) is 44.1 Å². The SMILES string of the molecule is O=C1C[N+](=O)C2(CCCCC2)C1. The zero-order valence-corrected chi connectivity index (χ0v) is 7.21. The first-order valence-corrected chi connectivity index (χ1v) is 4.69. The smallest absolute Gasteiger partial charge is 0.250 e. The molecule has 0 aromatic carbocycles. The first-order chi connectivity index (χ1) is 5.73. The number of ketones is 1. The number of hydrogen-bond acceptors (Lipinski definition) is 2. The Labute approximate surface area is 71.7 Å². The Balaban J connectivity index is 2.18. The molecule has 3 heteroatoms.